The monoisotopic (exact) mass is 233 g/mol. The van der Waals surface area contributed by atoms with Gasteiger partial charge in [-0.2, -0.15) is 0 Å². The van der Waals surface area contributed by atoms with E-state index in [-0.39, 0.29) is 9.79 Å². The second-order valence-corrected chi connectivity index (χ2v) is 6.57. The molecule has 1 aromatic carbocycles. The van der Waals surface area contributed by atoms with E-state index in [0.717, 1.165) is 6.26 Å². The molecule has 0 aliphatic heterocycles. The summed E-state index contributed by atoms with van der Waals surface area (Å²) in [5, 5.41) is 0. The molecule has 14 heavy (non-hydrogen) atoms. The predicted molar refractivity (Wildman–Crippen MR) is 52.1 cm³/mol. The zero-order valence-corrected chi connectivity index (χ0v) is 9.10. The van der Waals surface area contributed by atoms with Crippen molar-refractivity contribution in [3.05, 3.63) is 30.5 Å². The van der Waals surface area contributed by atoms with Gasteiger partial charge in [0.15, 0.2) is 19.7 Å². The predicted octanol–water partition coefficient (Wildman–Crippen LogP) is 0.655. The van der Waals surface area contributed by atoms with E-state index in [4.69, 9.17) is 0 Å². The molecule has 0 bridgehead atoms. The number of rotatable bonds is 2. The van der Waals surface area contributed by atoms with Crippen LogP contribution in [0.3, 0.4) is 0 Å². The van der Waals surface area contributed by atoms with E-state index < -0.39 is 19.7 Å². The first-order valence-corrected chi connectivity index (χ1v) is 7.14. The molecule has 0 unspecified atom stereocenters. The molecule has 4 nitrogen and oxygen atoms in total. The van der Waals surface area contributed by atoms with Crippen LogP contribution < -0.4 is 0 Å². The van der Waals surface area contributed by atoms with Crippen LogP contribution in [0.25, 0.3) is 0 Å². The summed E-state index contributed by atoms with van der Waals surface area (Å²) in [6.07, 6.45) is 4.01. The van der Waals surface area contributed by atoms with E-state index in [9.17, 15) is 16.8 Å². The van der Waals surface area contributed by atoms with Gasteiger partial charge in [0.2, 0.25) is 0 Å². The van der Waals surface area contributed by atoms with Gasteiger partial charge in [-0.15, -0.1) is 0 Å². The van der Waals surface area contributed by atoms with E-state index >= 15 is 0 Å². The maximum atomic E-state index is 11.0. The molecule has 0 spiro atoms. The van der Waals surface area contributed by atoms with E-state index in [1.807, 2.05) is 0 Å². The number of benzene rings is 1. The average molecular weight is 233 g/mol. The Morgan fingerprint density at radius 3 is 1.57 bits per heavy atom. The minimum Gasteiger partial charge on any atom is -0.224 e. The van der Waals surface area contributed by atoms with Crippen molar-refractivity contribution in [2.75, 3.05) is 6.26 Å². The summed E-state index contributed by atoms with van der Waals surface area (Å²) in [5.74, 6) is 0. The van der Waals surface area contributed by atoms with E-state index in [0.29, 0.717) is 0 Å². The van der Waals surface area contributed by atoms with Gasteiger partial charge in [0.05, 0.1) is 16.0 Å². The fourth-order valence-corrected chi connectivity index (χ4v) is 2.08. The van der Waals surface area contributed by atoms with Crippen LogP contribution in [0, 0.1) is 6.26 Å². The quantitative estimate of drug-likeness (QED) is 0.752. The molecule has 0 saturated heterocycles. The third-order valence-electron chi connectivity index (χ3n) is 1.61. The first-order valence-electron chi connectivity index (χ1n) is 3.59. The van der Waals surface area contributed by atoms with Gasteiger partial charge < -0.3 is 0 Å². The van der Waals surface area contributed by atoms with Crippen molar-refractivity contribution in [2.45, 2.75) is 9.79 Å². The third kappa shape index (κ3) is 2.55. The van der Waals surface area contributed by atoms with Gasteiger partial charge in [0.25, 0.3) is 0 Å². The summed E-state index contributed by atoms with van der Waals surface area (Å²) < 4.78 is 43.9. The molecule has 1 aromatic rings. The van der Waals surface area contributed by atoms with Crippen LogP contribution in [0.1, 0.15) is 0 Å². The van der Waals surface area contributed by atoms with Gasteiger partial charge >= 0.3 is 0 Å². The normalized spacial score (nSPS) is 12.7. The van der Waals surface area contributed by atoms with Crippen LogP contribution >= 0.6 is 0 Å². The molecule has 0 fully saturated rings. The average Bonchev–Trinajstić information content (AvgIpc) is 2.01. The molecule has 6 heteroatoms. The molecule has 0 aliphatic rings. The first kappa shape index (κ1) is 11.2. The molecule has 0 amide bonds. The van der Waals surface area contributed by atoms with Crippen molar-refractivity contribution >= 4 is 19.7 Å². The van der Waals surface area contributed by atoms with Crippen molar-refractivity contribution in [1.82, 2.24) is 0 Å². The summed E-state index contributed by atoms with van der Waals surface area (Å²) in [6.45, 7) is 0. The molecule has 77 valence electrons. The van der Waals surface area contributed by atoms with Crippen LogP contribution in [-0.2, 0) is 19.7 Å². The Labute approximate surface area is 83.4 Å². The molecule has 0 aromatic heterocycles. The molecular formula is C8H9O4S2. The molecule has 1 rings (SSSR count). The number of hydrogen-bond donors (Lipinski definition) is 0. The van der Waals surface area contributed by atoms with Crippen LogP contribution in [0.15, 0.2) is 34.1 Å². The van der Waals surface area contributed by atoms with Crippen molar-refractivity contribution < 1.29 is 16.8 Å². The SMILES string of the molecule is [CH2]S(=O)(=O)c1ccc(S(C)(=O)=O)cc1. The Bertz CT molecular complexity index is 472. The fraction of sp³-hybridized carbons (Fsp3) is 0.125. The summed E-state index contributed by atoms with van der Waals surface area (Å²) in [4.78, 5) is 0.0924. The van der Waals surface area contributed by atoms with Crippen molar-refractivity contribution in [1.29, 1.82) is 0 Å². The van der Waals surface area contributed by atoms with Crippen LogP contribution in [-0.4, -0.2) is 23.1 Å². The minimum absolute atomic E-state index is 0.00454. The van der Waals surface area contributed by atoms with Gasteiger partial charge in [-0.1, -0.05) is 0 Å². The van der Waals surface area contributed by atoms with Crippen molar-refractivity contribution in [3.8, 4) is 0 Å². The Morgan fingerprint density at radius 1 is 0.929 bits per heavy atom. The molecule has 0 saturated carbocycles. The highest BCUT2D eigenvalue weighted by atomic mass is 32.2. The Kier molecular flexibility index (Phi) is 2.69. The second kappa shape index (κ2) is 3.36. The number of hydrogen-bond acceptors (Lipinski definition) is 4. The van der Waals surface area contributed by atoms with E-state index in [2.05, 4.69) is 6.26 Å². The zero-order chi connectivity index (χ0) is 11.0. The van der Waals surface area contributed by atoms with Gasteiger partial charge in [-0.05, 0) is 24.3 Å². The van der Waals surface area contributed by atoms with Crippen LogP contribution in [0.4, 0.5) is 0 Å². The van der Waals surface area contributed by atoms with Gasteiger partial charge in [-0.25, -0.2) is 16.8 Å². The van der Waals surface area contributed by atoms with Crippen molar-refractivity contribution in [2.24, 2.45) is 0 Å². The molecule has 1 radical (unpaired) electrons. The maximum absolute atomic E-state index is 11.0. The smallest absolute Gasteiger partial charge is 0.179 e. The van der Waals surface area contributed by atoms with E-state index in [1.54, 1.807) is 0 Å². The lowest BCUT2D eigenvalue weighted by molar-refractivity contribution is 0.599. The minimum atomic E-state index is -3.51. The lowest BCUT2D eigenvalue weighted by atomic mass is 10.4. The second-order valence-electron chi connectivity index (χ2n) is 2.86. The van der Waals surface area contributed by atoms with Gasteiger partial charge in [0.1, 0.15) is 0 Å². The Balaban J connectivity index is 3.28. The topological polar surface area (TPSA) is 68.3 Å². The van der Waals surface area contributed by atoms with Gasteiger partial charge in [0, 0.05) is 6.26 Å². The zero-order valence-electron chi connectivity index (χ0n) is 7.47. The largest absolute Gasteiger partial charge is 0.224 e. The summed E-state index contributed by atoms with van der Waals surface area (Å²) in [6, 6.07) is 4.93. The number of sulfone groups is 2. The summed E-state index contributed by atoms with van der Waals surface area (Å²) in [7, 11) is -6.79. The highest BCUT2D eigenvalue weighted by molar-refractivity contribution is 7.92. The van der Waals surface area contributed by atoms with E-state index in [1.165, 1.54) is 24.3 Å². The summed E-state index contributed by atoms with van der Waals surface area (Å²) >= 11 is 0. The molecular weight excluding hydrogens is 224 g/mol. The lowest BCUT2D eigenvalue weighted by Crippen LogP contribution is -1.99. The highest BCUT2D eigenvalue weighted by Gasteiger charge is 2.10. The Morgan fingerprint density at radius 2 is 1.29 bits per heavy atom. The molecule has 0 heterocycles. The maximum Gasteiger partial charge on any atom is 0.179 e. The van der Waals surface area contributed by atoms with Crippen molar-refractivity contribution in [3.63, 3.8) is 0 Å². The standard InChI is InChI=1S/C8H9O4S2/c1-13(9,10)7-3-5-8(6-4-7)14(2,11)12/h3-6H,1H2,2H3. The molecule has 0 atom stereocenters. The lowest BCUT2D eigenvalue weighted by Gasteiger charge is -2.00. The van der Waals surface area contributed by atoms with Crippen LogP contribution in [0.2, 0.25) is 0 Å². The molecule has 0 N–H and O–H groups in total. The fourth-order valence-electron chi connectivity index (χ4n) is 0.894. The molecule has 0 aliphatic carbocycles. The summed E-state index contributed by atoms with van der Waals surface area (Å²) in [5.41, 5.74) is 0. The Hall–Kier alpha value is -0.880. The third-order valence-corrected chi connectivity index (χ3v) is 3.73. The van der Waals surface area contributed by atoms with Gasteiger partial charge in [-0.3, -0.25) is 0 Å². The van der Waals surface area contributed by atoms with Crippen LogP contribution in [0.5, 0.6) is 0 Å². The highest BCUT2D eigenvalue weighted by Crippen LogP contribution is 2.14. The first-order chi connectivity index (χ1) is 6.21.